The minimum Gasteiger partial charge on any atom is -0.369 e. The number of hydrogen-bond donors (Lipinski definition) is 0. The Balaban J connectivity index is 1.29. The lowest BCUT2D eigenvalue weighted by Crippen LogP contribution is -2.46. The zero-order chi connectivity index (χ0) is 17.1. The fraction of sp³-hybridized carbons (Fsp3) is 0.478. The zero-order valence-electron chi connectivity index (χ0n) is 15.5. The van der Waals surface area contributed by atoms with Gasteiger partial charge in [0.2, 0.25) is 0 Å². The zero-order valence-corrected chi connectivity index (χ0v) is 15.5. The van der Waals surface area contributed by atoms with Crippen LogP contribution in [0.1, 0.15) is 41.9 Å². The van der Waals surface area contributed by atoms with Crippen molar-refractivity contribution in [3.8, 4) is 0 Å². The van der Waals surface area contributed by atoms with E-state index in [4.69, 9.17) is 0 Å². The summed E-state index contributed by atoms with van der Waals surface area (Å²) in [4.78, 5) is 5.20. The topological polar surface area (TPSA) is 6.48 Å². The molecule has 1 aliphatic heterocycles. The van der Waals surface area contributed by atoms with Gasteiger partial charge in [-0.2, -0.15) is 0 Å². The van der Waals surface area contributed by atoms with Gasteiger partial charge in [-0.25, -0.2) is 0 Å². The van der Waals surface area contributed by atoms with Gasteiger partial charge in [-0.1, -0.05) is 42.0 Å². The van der Waals surface area contributed by atoms with Crippen molar-refractivity contribution in [3.63, 3.8) is 0 Å². The smallest absolute Gasteiger partial charge is 0.0367 e. The number of piperazine rings is 1. The molecule has 1 aliphatic carbocycles. The van der Waals surface area contributed by atoms with Gasteiger partial charge in [0.25, 0.3) is 0 Å². The van der Waals surface area contributed by atoms with Crippen LogP contribution in [0.2, 0.25) is 0 Å². The first-order chi connectivity index (χ1) is 12.3. The van der Waals surface area contributed by atoms with Gasteiger partial charge in [-0.3, -0.25) is 4.90 Å². The van der Waals surface area contributed by atoms with Crippen LogP contribution in [0.25, 0.3) is 0 Å². The molecule has 0 N–H and O–H groups in total. The van der Waals surface area contributed by atoms with Crippen molar-refractivity contribution in [2.45, 2.75) is 38.5 Å². The Morgan fingerprint density at radius 3 is 2.48 bits per heavy atom. The van der Waals surface area contributed by atoms with Gasteiger partial charge in [0, 0.05) is 31.9 Å². The third kappa shape index (κ3) is 3.90. The first-order valence-electron chi connectivity index (χ1n) is 9.91. The van der Waals surface area contributed by atoms with Crippen molar-refractivity contribution in [1.29, 1.82) is 0 Å². The second-order valence-electron chi connectivity index (χ2n) is 7.74. The van der Waals surface area contributed by atoms with Crippen LogP contribution in [0.4, 0.5) is 5.69 Å². The quantitative estimate of drug-likeness (QED) is 0.804. The SMILES string of the molecule is Cc1ccc(N2CCN(CCC3CCCc4ccccc43)CC2)cc1. The van der Waals surface area contributed by atoms with Gasteiger partial charge < -0.3 is 4.90 Å². The molecule has 1 heterocycles. The number of anilines is 1. The molecule has 1 fully saturated rings. The molecule has 2 aromatic carbocycles. The molecule has 2 aromatic rings. The average molecular weight is 335 g/mol. The summed E-state index contributed by atoms with van der Waals surface area (Å²) >= 11 is 0. The maximum absolute atomic E-state index is 2.67. The Morgan fingerprint density at radius 2 is 1.68 bits per heavy atom. The molecule has 0 spiro atoms. The van der Waals surface area contributed by atoms with Crippen LogP contribution in [0.3, 0.4) is 0 Å². The Hall–Kier alpha value is -1.80. The molecule has 0 radical (unpaired) electrons. The predicted molar refractivity (Wildman–Crippen MR) is 107 cm³/mol. The van der Waals surface area contributed by atoms with E-state index < -0.39 is 0 Å². The number of aryl methyl sites for hydroxylation is 2. The summed E-state index contributed by atoms with van der Waals surface area (Å²) < 4.78 is 0. The molecule has 132 valence electrons. The van der Waals surface area contributed by atoms with Gasteiger partial charge in [0.15, 0.2) is 0 Å². The predicted octanol–water partition coefficient (Wildman–Crippen LogP) is 4.63. The van der Waals surface area contributed by atoms with Crippen molar-refractivity contribution >= 4 is 5.69 Å². The normalized spacial score (nSPS) is 21.2. The number of nitrogens with zero attached hydrogens (tertiary/aromatic N) is 2. The van der Waals surface area contributed by atoms with E-state index in [1.165, 1.54) is 56.6 Å². The molecule has 2 nitrogen and oxygen atoms in total. The number of hydrogen-bond acceptors (Lipinski definition) is 2. The van der Waals surface area contributed by atoms with E-state index in [-0.39, 0.29) is 0 Å². The van der Waals surface area contributed by atoms with Gasteiger partial charge in [0.1, 0.15) is 0 Å². The van der Waals surface area contributed by atoms with Crippen LogP contribution in [0.5, 0.6) is 0 Å². The van der Waals surface area contributed by atoms with Crippen LogP contribution in [0.15, 0.2) is 48.5 Å². The summed E-state index contributed by atoms with van der Waals surface area (Å²) in [6.07, 6.45) is 5.34. The van der Waals surface area contributed by atoms with Crippen LogP contribution >= 0.6 is 0 Å². The highest BCUT2D eigenvalue weighted by atomic mass is 15.3. The molecule has 1 atom stereocenters. The molecule has 2 heteroatoms. The second-order valence-corrected chi connectivity index (χ2v) is 7.74. The van der Waals surface area contributed by atoms with E-state index in [1.54, 1.807) is 11.1 Å². The fourth-order valence-electron chi connectivity index (χ4n) is 4.48. The third-order valence-electron chi connectivity index (χ3n) is 6.06. The summed E-state index contributed by atoms with van der Waals surface area (Å²) in [6, 6.07) is 18.1. The fourth-order valence-corrected chi connectivity index (χ4v) is 4.48. The molecule has 1 unspecified atom stereocenters. The highest BCUT2D eigenvalue weighted by Gasteiger charge is 2.22. The summed E-state index contributed by atoms with van der Waals surface area (Å²) in [7, 11) is 0. The Bertz CT molecular complexity index is 683. The summed E-state index contributed by atoms with van der Waals surface area (Å²) in [5.41, 5.74) is 5.96. The number of benzene rings is 2. The van der Waals surface area contributed by atoms with Crippen LogP contribution < -0.4 is 4.90 Å². The summed E-state index contributed by atoms with van der Waals surface area (Å²) in [6.45, 7) is 8.12. The average Bonchev–Trinajstić information content (AvgIpc) is 2.67. The molecule has 25 heavy (non-hydrogen) atoms. The second kappa shape index (κ2) is 7.61. The van der Waals surface area contributed by atoms with Crippen molar-refractivity contribution < 1.29 is 0 Å². The van der Waals surface area contributed by atoms with Crippen molar-refractivity contribution in [2.24, 2.45) is 0 Å². The number of rotatable bonds is 4. The highest BCUT2D eigenvalue weighted by Crippen LogP contribution is 2.34. The van der Waals surface area contributed by atoms with Crippen LogP contribution in [-0.2, 0) is 6.42 Å². The van der Waals surface area contributed by atoms with E-state index in [2.05, 4.69) is 65.3 Å². The summed E-state index contributed by atoms with van der Waals surface area (Å²) in [5.74, 6) is 0.778. The van der Waals surface area contributed by atoms with E-state index in [0.717, 1.165) is 19.0 Å². The van der Waals surface area contributed by atoms with E-state index in [0.29, 0.717) is 0 Å². The molecule has 0 amide bonds. The maximum atomic E-state index is 2.67. The minimum absolute atomic E-state index is 0.778. The molecular weight excluding hydrogens is 304 g/mol. The number of fused-ring (bicyclic) bond motifs is 1. The first-order valence-corrected chi connectivity index (χ1v) is 9.91. The van der Waals surface area contributed by atoms with E-state index in [9.17, 15) is 0 Å². The highest BCUT2D eigenvalue weighted by molar-refractivity contribution is 5.47. The minimum atomic E-state index is 0.778. The molecule has 4 rings (SSSR count). The van der Waals surface area contributed by atoms with Crippen LogP contribution in [-0.4, -0.2) is 37.6 Å². The van der Waals surface area contributed by atoms with Crippen LogP contribution in [0, 0.1) is 6.92 Å². The lowest BCUT2D eigenvalue weighted by Gasteiger charge is -2.37. The van der Waals surface area contributed by atoms with Gasteiger partial charge in [0.05, 0.1) is 0 Å². The monoisotopic (exact) mass is 334 g/mol. The molecule has 1 saturated heterocycles. The lowest BCUT2D eigenvalue weighted by atomic mass is 9.81. The summed E-state index contributed by atoms with van der Waals surface area (Å²) in [5, 5.41) is 0. The van der Waals surface area contributed by atoms with Gasteiger partial charge >= 0.3 is 0 Å². The molecule has 0 bridgehead atoms. The largest absolute Gasteiger partial charge is 0.369 e. The van der Waals surface area contributed by atoms with E-state index in [1.807, 2.05) is 0 Å². The Kier molecular flexibility index (Phi) is 5.07. The molecule has 0 aromatic heterocycles. The molecule has 0 saturated carbocycles. The van der Waals surface area contributed by atoms with Gasteiger partial charge in [-0.15, -0.1) is 0 Å². The molecular formula is C23H30N2. The lowest BCUT2D eigenvalue weighted by molar-refractivity contribution is 0.245. The first kappa shape index (κ1) is 16.7. The van der Waals surface area contributed by atoms with Gasteiger partial charge in [-0.05, 0) is 68.3 Å². The van der Waals surface area contributed by atoms with Crippen molar-refractivity contribution in [2.75, 3.05) is 37.6 Å². The Morgan fingerprint density at radius 1 is 0.920 bits per heavy atom. The third-order valence-corrected chi connectivity index (χ3v) is 6.06. The Labute approximate surface area is 152 Å². The van der Waals surface area contributed by atoms with E-state index >= 15 is 0 Å². The standard InChI is InChI=1S/C23H30N2/c1-19-9-11-22(12-10-19)25-17-15-24(16-18-25)14-13-21-7-4-6-20-5-2-3-8-23(20)21/h2-3,5,8-12,21H,4,6-7,13-18H2,1H3. The maximum Gasteiger partial charge on any atom is 0.0367 e. The van der Waals surface area contributed by atoms with Crippen molar-refractivity contribution in [3.05, 3.63) is 65.2 Å². The molecule has 2 aliphatic rings. The van der Waals surface area contributed by atoms with Crippen molar-refractivity contribution in [1.82, 2.24) is 4.90 Å².